The number of anilines is 1. The van der Waals surface area contributed by atoms with Crippen molar-refractivity contribution in [3.05, 3.63) is 28.8 Å². The van der Waals surface area contributed by atoms with Crippen LogP contribution in [0.15, 0.2) is 18.2 Å². The van der Waals surface area contributed by atoms with Gasteiger partial charge < -0.3 is 5.32 Å². The van der Waals surface area contributed by atoms with Gasteiger partial charge >= 0.3 is 0 Å². The van der Waals surface area contributed by atoms with Gasteiger partial charge in [-0.15, -0.1) is 0 Å². The van der Waals surface area contributed by atoms with Crippen molar-refractivity contribution in [3.63, 3.8) is 0 Å². The zero-order chi connectivity index (χ0) is 13.8. The lowest BCUT2D eigenvalue weighted by Crippen LogP contribution is -2.45. The fourth-order valence-corrected chi connectivity index (χ4v) is 4.74. The van der Waals surface area contributed by atoms with E-state index >= 15 is 0 Å². The maximum Gasteiger partial charge on any atom is 0.0637 e. The number of fused-ring (bicyclic) bond motifs is 2. The van der Waals surface area contributed by atoms with Gasteiger partial charge in [0.1, 0.15) is 0 Å². The van der Waals surface area contributed by atoms with Gasteiger partial charge in [-0.25, -0.2) is 0 Å². The molecule has 0 radical (unpaired) electrons. The SMILES string of the molecule is Cc1ccc(Cl)c(NC2C(C)(C)[C@H]3CC[C@]2(C)C3)c1. The van der Waals surface area contributed by atoms with Crippen molar-refractivity contribution in [1.29, 1.82) is 0 Å². The summed E-state index contributed by atoms with van der Waals surface area (Å²) >= 11 is 6.35. The van der Waals surface area contributed by atoms with Crippen molar-refractivity contribution in [1.82, 2.24) is 0 Å². The summed E-state index contributed by atoms with van der Waals surface area (Å²) < 4.78 is 0. The van der Waals surface area contributed by atoms with Crippen molar-refractivity contribution in [3.8, 4) is 0 Å². The van der Waals surface area contributed by atoms with Gasteiger partial charge in [-0.3, -0.25) is 0 Å². The molecule has 2 aliphatic carbocycles. The highest BCUT2D eigenvalue weighted by Crippen LogP contribution is 2.63. The maximum atomic E-state index is 6.35. The summed E-state index contributed by atoms with van der Waals surface area (Å²) in [6, 6.07) is 6.77. The minimum atomic E-state index is 0.361. The molecule has 0 aromatic heterocycles. The van der Waals surface area contributed by atoms with E-state index in [2.05, 4.69) is 45.1 Å². The third-order valence-electron chi connectivity index (χ3n) is 5.69. The quantitative estimate of drug-likeness (QED) is 0.776. The average Bonchev–Trinajstić information content (AvgIpc) is 2.80. The van der Waals surface area contributed by atoms with E-state index in [0.717, 1.165) is 16.6 Å². The van der Waals surface area contributed by atoms with E-state index in [1.54, 1.807) is 0 Å². The Labute approximate surface area is 121 Å². The van der Waals surface area contributed by atoms with Gasteiger partial charge in [-0.1, -0.05) is 38.4 Å². The molecule has 2 bridgehead atoms. The fraction of sp³-hybridized carbons (Fsp3) is 0.647. The largest absolute Gasteiger partial charge is 0.380 e. The lowest BCUT2D eigenvalue weighted by molar-refractivity contribution is 0.155. The molecule has 0 spiro atoms. The first kappa shape index (κ1) is 13.3. The Morgan fingerprint density at radius 2 is 2.00 bits per heavy atom. The Kier molecular flexibility index (Phi) is 2.91. The van der Waals surface area contributed by atoms with E-state index in [0.29, 0.717) is 16.9 Å². The second kappa shape index (κ2) is 4.15. The molecule has 1 nitrogen and oxygen atoms in total. The highest BCUT2D eigenvalue weighted by molar-refractivity contribution is 6.33. The molecule has 2 aliphatic rings. The Bertz CT molecular complexity index is 503. The van der Waals surface area contributed by atoms with Gasteiger partial charge in [0.25, 0.3) is 0 Å². The van der Waals surface area contributed by atoms with Crippen LogP contribution in [-0.2, 0) is 0 Å². The molecule has 0 aliphatic heterocycles. The minimum absolute atomic E-state index is 0.361. The number of hydrogen-bond donors (Lipinski definition) is 1. The molecule has 3 atom stereocenters. The maximum absolute atomic E-state index is 6.35. The summed E-state index contributed by atoms with van der Waals surface area (Å²) in [6.45, 7) is 9.41. The molecule has 1 aromatic rings. The molecule has 2 heteroatoms. The van der Waals surface area contributed by atoms with Gasteiger partial charge in [-0.05, 0) is 60.6 Å². The van der Waals surface area contributed by atoms with Crippen LogP contribution in [0.3, 0.4) is 0 Å². The van der Waals surface area contributed by atoms with Gasteiger partial charge in [0.15, 0.2) is 0 Å². The highest BCUT2D eigenvalue weighted by atomic mass is 35.5. The molecule has 1 aromatic carbocycles. The van der Waals surface area contributed by atoms with Crippen LogP contribution in [0, 0.1) is 23.7 Å². The van der Waals surface area contributed by atoms with Crippen LogP contribution in [0.2, 0.25) is 5.02 Å². The zero-order valence-corrected chi connectivity index (χ0v) is 13.1. The first-order chi connectivity index (χ1) is 8.83. The van der Waals surface area contributed by atoms with Crippen molar-refractivity contribution in [2.24, 2.45) is 16.7 Å². The second-order valence-electron chi connectivity index (χ2n) is 7.48. The third-order valence-corrected chi connectivity index (χ3v) is 6.02. The number of aryl methyl sites for hydroxylation is 1. The van der Waals surface area contributed by atoms with Crippen molar-refractivity contribution in [2.45, 2.75) is 53.0 Å². The molecular weight excluding hydrogens is 254 g/mol. The van der Waals surface area contributed by atoms with E-state index in [1.165, 1.54) is 24.8 Å². The summed E-state index contributed by atoms with van der Waals surface area (Å²) in [7, 11) is 0. The van der Waals surface area contributed by atoms with E-state index in [4.69, 9.17) is 11.6 Å². The van der Waals surface area contributed by atoms with Crippen LogP contribution in [0.25, 0.3) is 0 Å². The molecule has 19 heavy (non-hydrogen) atoms. The lowest BCUT2D eigenvalue weighted by atomic mass is 9.68. The van der Waals surface area contributed by atoms with Crippen molar-refractivity contribution < 1.29 is 0 Å². The highest BCUT2D eigenvalue weighted by Gasteiger charge is 2.59. The summed E-state index contributed by atoms with van der Waals surface area (Å²) in [5.41, 5.74) is 3.16. The molecule has 2 fully saturated rings. The Hall–Kier alpha value is -0.690. The monoisotopic (exact) mass is 277 g/mol. The number of nitrogens with one attached hydrogen (secondary N) is 1. The topological polar surface area (TPSA) is 12.0 Å². The van der Waals surface area contributed by atoms with E-state index in [-0.39, 0.29) is 0 Å². The molecule has 3 rings (SSSR count). The van der Waals surface area contributed by atoms with Gasteiger partial charge in [0.05, 0.1) is 10.7 Å². The van der Waals surface area contributed by atoms with E-state index in [1.807, 2.05) is 6.07 Å². The first-order valence-corrected chi connectivity index (χ1v) is 7.73. The molecule has 1 N–H and O–H groups in total. The van der Waals surface area contributed by atoms with E-state index < -0.39 is 0 Å². The summed E-state index contributed by atoms with van der Waals surface area (Å²) in [6.07, 6.45) is 4.10. The fourth-order valence-electron chi connectivity index (χ4n) is 4.57. The molecule has 104 valence electrons. The van der Waals surface area contributed by atoms with Crippen LogP contribution < -0.4 is 5.32 Å². The molecule has 0 amide bonds. The number of benzene rings is 1. The first-order valence-electron chi connectivity index (χ1n) is 7.36. The Morgan fingerprint density at radius 1 is 1.26 bits per heavy atom. The molecule has 0 heterocycles. The molecule has 1 unspecified atom stereocenters. The minimum Gasteiger partial charge on any atom is -0.380 e. The average molecular weight is 278 g/mol. The van der Waals surface area contributed by atoms with Crippen molar-refractivity contribution >= 4 is 17.3 Å². The number of rotatable bonds is 2. The zero-order valence-electron chi connectivity index (χ0n) is 12.4. The van der Waals surface area contributed by atoms with Crippen LogP contribution in [-0.4, -0.2) is 6.04 Å². The predicted octanol–water partition coefficient (Wildman–Crippen LogP) is 5.28. The summed E-state index contributed by atoms with van der Waals surface area (Å²) in [5, 5.41) is 4.62. The molecule has 0 saturated heterocycles. The summed E-state index contributed by atoms with van der Waals surface area (Å²) in [4.78, 5) is 0. The van der Waals surface area contributed by atoms with Crippen LogP contribution >= 0.6 is 11.6 Å². The molecular formula is C17H24ClN. The Balaban J connectivity index is 1.92. The Morgan fingerprint density at radius 3 is 2.63 bits per heavy atom. The van der Waals surface area contributed by atoms with Gasteiger partial charge in [0.2, 0.25) is 0 Å². The number of halogens is 1. The second-order valence-corrected chi connectivity index (χ2v) is 7.88. The van der Waals surface area contributed by atoms with Crippen LogP contribution in [0.5, 0.6) is 0 Å². The van der Waals surface area contributed by atoms with Gasteiger partial charge in [0, 0.05) is 6.04 Å². The lowest BCUT2D eigenvalue weighted by Gasteiger charge is -2.43. The molecule has 2 saturated carbocycles. The van der Waals surface area contributed by atoms with Crippen LogP contribution in [0.4, 0.5) is 5.69 Å². The summed E-state index contributed by atoms with van der Waals surface area (Å²) in [5.74, 6) is 0.860. The smallest absolute Gasteiger partial charge is 0.0637 e. The van der Waals surface area contributed by atoms with Gasteiger partial charge in [-0.2, -0.15) is 0 Å². The predicted molar refractivity (Wildman–Crippen MR) is 82.8 cm³/mol. The van der Waals surface area contributed by atoms with Crippen molar-refractivity contribution in [2.75, 3.05) is 5.32 Å². The van der Waals surface area contributed by atoms with Crippen LogP contribution in [0.1, 0.15) is 45.6 Å². The third kappa shape index (κ3) is 1.98. The standard InChI is InChI=1S/C17H24ClN/c1-11-5-6-13(18)14(9-11)19-15-16(2,3)12-7-8-17(15,4)10-12/h5-6,9,12,15,19H,7-8,10H2,1-4H3/t12-,15?,17+/m0/s1. The normalized spacial score (nSPS) is 35.6. The van der Waals surface area contributed by atoms with E-state index in [9.17, 15) is 0 Å². The number of hydrogen-bond acceptors (Lipinski definition) is 1.